The molecule has 0 amide bonds. The van der Waals surface area contributed by atoms with E-state index in [2.05, 4.69) is 60.7 Å². The van der Waals surface area contributed by atoms with E-state index in [1.165, 1.54) is 0 Å². The lowest BCUT2D eigenvalue weighted by molar-refractivity contribution is 1.12. The molecule has 7 rings (SSSR count). The van der Waals surface area contributed by atoms with Crippen molar-refractivity contribution in [3.8, 4) is 0 Å². The molecule has 0 saturated heterocycles. The molecule has 0 aliphatic rings. The summed E-state index contributed by atoms with van der Waals surface area (Å²) in [5, 5.41) is 11.7. The van der Waals surface area contributed by atoms with Crippen LogP contribution in [0, 0.1) is 0 Å². The number of rotatable bonds is 6. The fourth-order valence-electron chi connectivity index (χ4n) is 5.24. The molecule has 0 radical (unpaired) electrons. The summed E-state index contributed by atoms with van der Waals surface area (Å²) >= 11 is 0. The number of nitrogens with zero attached hydrogens (tertiary/aromatic N) is 4. The van der Waals surface area contributed by atoms with Gasteiger partial charge in [-0.1, -0.05) is 133 Å². The van der Waals surface area contributed by atoms with E-state index < -0.39 is 0 Å². The summed E-state index contributed by atoms with van der Waals surface area (Å²) < 4.78 is 0. The summed E-state index contributed by atoms with van der Waals surface area (Å²) in [6, 6.07) is 53.1. The van der Waals surface area contributed by atoms with Crippen LogP contribution in [0.25, 0.3) is 21.8 Å². The van der Waals surface area contributed by atoms with Gasteiger partial charge in [-0.2, -0.15) is 0 Å². The smallest absolute Gasteiger partial charge is 0.103 e. The molecule has 0 unspecified atom stereocenters. The Hall–Kier alpha value is -5.74. The molecule has 42 heavy (non-hydrogen) atoms. The van der Waals surface area contributed by atoms with E-state index >= 15 is 0 Å². The molecule has 4 nitrogen and oxygen atoms in total. The van der Waals surface area contributed by atoms with Crippen molar-refractivity contribution in [3.63, 3.8) is 0 Å². The standard InChI is InChI=1S/C38H26N4/c1-5-15-27(16-6-1)35(39-29-19-9-3-10-20-29)33-25-13-23-31-32-24-14-26-34(38(32)42-41-37(31)33)36(28-17-7-2-8-18-28)40-30-21-11-4-12-22-30/h1-26H/b39-35+,40-36+. The molecule has 198 valence electrons. The Labute approximate surface area is 244 Å². The van der Waals surface area contributed by atoms with E-state index in [0.717, 1.165) is 66.9 Å². The van der Waals surface area contributed by atoms with E-state index in [-0.39, 0.29) is 0 Å². The molecule has 0 aliphatic heterocycles. The topological polar surface area (TPSA) is 50.5 Å². The van der Waals surface area contributed by atoms with Crippen LogP contribution in [0.2, 0.25) is 0 Å². The van der Waals surface area contributed by atoms with Gasteiger partial charge >= 0.3 is 0 Å². The zero-order valence-electron chi connectivity index (χ0n) is 22.8. The van der Waals surface area contributed by atoms with E-state index in [9.17, 15) is 0 Å². The summed E-state index contributed by atoms with van der Waals surface area (Å²) in [6.45, 7) is 0. The van der Waals surface area contributed by atoms with Crippen molar-refractivity contribution in [2.24, 2.45) is 9.98 Å². The highest BCUT2D eigenvalue weighted by atomic mass is 15.1. The Kier molecular flexibility index (Phi) is 6.85. The van der Waals surface area contributed by atoms with Gasteiger partial charge in [0, 0.05) is 33.0 Å². The second-order valence-corrected chi connectivity index (χ2v) is 9.93. The van der Waals surface area contributed by atoms with E-state index in [0.29, 0.717) is 0 Å². The maximum absolute atomic E-state index is 5.09. The van der Waals surface area contributed by atoms with Gasteiger partial charge in [0.2, 0.25) is 0 Å². The molecule has 1 heterocycles. The predicted molar refractivity (Wildman–Crippen MR) is 173 cm³/mol. The highest BCUT2D eigenvalue weighted by Crippen LogP contribution is 2.30. The molecule has 0 bridgehead atoms. The average molecular weight is 539 g/mol. The Morgan fingerprint density at radius 2 is 0.714 bits per heavy atom. The van der Waals surface area contributed by atoms with Gasteiger partial charge in [0.25, 0.3) is 0 Å². The van der Waals surface area contributed by atoms with Crippen molar-refractivity contribution in [2.45, 2.75) is 0 Å². The molecule has 0 aliphatic carbocycles. The zero-order chi connectivity index (χ0) is 28.1. The number of para-hydroxylation sites is 2. The third-order valence-electron chi connectivity index (χ3n) is 7.21. The maximum atomic E-state index is 5.09. The average Bonchev–Trinajstić information content (AvgIpc) is 3.07. The van der Waals surface area contributed by atoms with Crippen molar-refractivity contribution in [1.82, 2.24) is 10.2 Å². The Morgan fingerprint density at radius 3 is 1.10 bits per heavy atom. The molecule has 6 aromatic carbocycles. The summed E-state index contributed by atoms with van der Waals surface area (Å²) in [4.78, 5) is 10.2. The molecule has 0 saturated carbocycles. The normalized spacial score (nSPS) is 12.1. The van der Waals surface area contributed by atoms with Crippen LogP contribution in [0.5, 0.6) is 0 Å². The first-order valence-electron chi connectivity index (χ1n) is 13.9. The minimum Gasteiger partial charge on any atom is -0.248 e. The Morgan fingerprint density at radius 1 is 0.357 bits per heavy atom. The van der Waals surface area contributed by atoms with Gasteiger partial charge in [0.15, 0.2) is 0 Å². The van der Waals surface area contributed by atoms with Crippen molar-refractivity contribution in [1.29, 1.82) is 0 Å². The Balaban J connectivity index is 1.46. The molecule has 1 aromatic heterocycles. The van der Waals surface area contributed by atoms with E-state index in [1.807, 2.05) is 97.1 Å². The number of fused-ring (bicyclic) bond motifs is 3. The molecule has 0 N–H and O–H groups in total. The SMILES string of the molecule is c1ccc(/N=C(\c2ccccc2)c2cccc3c2nnc2c(/C(=N/c4ccccc4)c4ccccc4)cccc23)cc1. The van der Waals surface area contributed by atoms with Gasteiger partial charge in [0.05, 0.1) is 22.8 Å². The van der Waals surface area contributed by atoms with Crippen molar-refractivity contribution in [2.75, 3.05) is 0 Å². The van der Waals surface area contributed by atoms with Crippen LogP contribution in [0.1, 0.15) is 22.3 Å². The van der Waals surface area contributed by atoms with Gasteiger partial charge in [-0.3, -0.25) is 0 Å². The largest absolute Gasteiger partial charge is 0.248 e. The van der Waals surface area contributed by atoms with Crippen molar-refractivity contribution < 1.29 is 0 Å². The fraction of sp³-hybridized carbons (Fsp3) is 0. The minimum absolute atomic E-state index is 0.807. The molecule has 0 spiro atoms. The molecule has 0 atom stereocenters. The molecular weight excluding hydrogens is 512 g/mol. The lowest BCUT2D eigenvalue weighted by atomic mass is 9.95. The van der Waals surface area contributed by atoms with Crippen molar-refractivity contribution >= 4 is 44.6 Å². The van der Waals surface area contributed by atoms with Crippen LogP contribution in [-0.4, -0.2) is 21.6 Å². The fourth-order valence-corrected chi connectivity index (χ4v) is 5.24. The van der Waals surface area contributed by atoms with Gasteiger partial charge < -0.3 is 0 Å². The van der Waals surface area contributed by atoms with Gasteiger partial charge in [-0.15, -0.1) is 10.2 Å². The molecular formula is C38H26N4. The lowest BCUT2D eigenvalue weighted by Crippen LogP contribution is -2.08. The van der Waals surface area contributed by atoms with Crippen LogP contribution in [-0.2, 0) is 0 Å². The highest BCUT2D eigenvalue weighted by Gasteiger charge is 2.18. The quantitative estimate of drug-likeness (QED) is 0.157. The van der Waals surface area contributed by atoms with Crippen LogP contribution >= 0.6 is 0 Å². The van der Waals surface area contributed by atoms with Crippen LogP contribution < -0.4 is 0 Å². The van der Waals surface area contributed by atoms with Crippen LogP contribution in [0.3, 0.4) is 0 Å². The number of hydrogen-bond donors (Lipinski definition) is 0. The first-order valence-corrected chi connectivity index (χ1v) is 13.9. The monoisotopic (exact) mass is 538 g/mol. The third kappa shape index (κ3) is 4.98. The van der Waals surface area contributed by atoms with E-state index in [1.54, 1.807) is 0 Å². The van der Waals surface area contributed by atoms with Crippen LogP contribution in [0.15, 0.2) is 168 Å². The maximum Gasteiger partial charge on any atom is 0.103 e. The number of benzene rings is 6. The second kappa shape index (κ2) is 11.4. The molecule has 4 heteroatoms. The minimum atomic E-state index is 0.807. The van der Waals surface area contributed by atoms with Crippen LogP contribution in [0.4, 0.5) is 11.4 Å². The van der Waals surface area contributed by atoms with Gasteiger partial charge in [-0.25, -0.2) is 9.98 Å². The second-order valence-electron chi connectivity index (χ2n) is 9.93. The first kappa shape index (κ1) is 25.2. The van der Waals surface area contributed by atoms with Crippen molar-refractivity contribution in [3.05, 3.63) is 180 Å². The number of aromatic nitrogens is 2. The summed E-state index contributed by atoms with van der Waals surface area (Å²) in [7, 11) is 0. The highest BCUT2D eigenvalue weighted by molar-refractivity contribution is 6.24. The number of aliphatic imine (C=N–C) groups is 2. The molecule has 0 fully saturated rings. The van der Waals surface area contributed by atoms with E-state index in [4.69, 9.17) is 20.2 Å². The predicted octanol–water partition coefficient (Wildman–Crippen LogP) is 9.12. The van der Waals surface area contributed by atoms with Gasteiger partial charge in [0.1, 0.15) is 11.0 Å². The molecule has 7 aromatic rings. The number of hydrogen-bond acceptors (Lipinski definition) is 4. The van der Waals surface area contributed by atoms with Gasteiger partial charge in [-0.05, 0) is 24.3 Å². The first-order chi connectivity index (χ1) is 20.8. The summed E-state index contributed by atoms with van der Waals surface area (Å²) in [5.41, 5.74) is 9.00. The third-order valence-corrected chi connectivity index (χ3v) is 7.21. The Bertz CT molecular complexity index is 1900. The summed E-state index contributed by atoms with van der Waals surface area (Å²) in [5.74, 6) is 0. The summed E-state index contributed by atoms with van der Waals surface area (Å²) in [6.07, 6.45) is 0. The zero-order valence-corrected chi connectivity index (χ0v) is 22.8. The lowest BCUT2D eigenvalue weighted by Gasteiger charge is -2.14.